The second-order valence-electron chi connectivity index (χ2n) is 2.99. The number of aliphatic hydroxyl groups is 2. The van der Waals surface area contributed by atoms with E-state index in [0.29, 0.717) is 17.0 Å². The number of aliphatic hydroxyl groups excluding tert-OH is 2. The predicted octanol–water partition coefficient (Wildman–Crippen LogP) is -0.356. The third-order valence-electron chi connectivity index (χ3n) is 1.99. The summed E-state index contributed by atoms with van der Waals surface area (Å²) in [6, 6.07) is 0. The van der Waals surface area contributed by atoms with Crippen LogP contribution in [-0.4, -0.2) is 28.0 Å². The van der Waals surface area contributed by atoms with E-state index in [-0.39, 0.29) is 6.54 Å². The van der Waals surface area contributed by atoms with Gasteiger partial charge >= 0.3 is 0 Å². The minimum Gasteiger partial charge on any atom is -0.389 e. The summed E-state index contributed by atoms with van der Waals surface area (Å²) in [6.45, 7) is 3.39. The molecular formula is C8H14N2O3. The molecule has 1 aromatic heterocycles. The Morgan fingerprint density at radius 3 is 2.46 bits per heavy atom. The number of nitrogens with zero attached hydrogens (tertiary/aromatic N) is 1. The first-order valence-electron chi connectivity index (χ1n) is 4.07. The number of aryl methyl sites for hydroxylation is 2. The van der Waals surface area contributed by atoms with Crippen molar-refractivity contribution in [3.63, 3.8) is 0 Å². The summed E-state index contributed by atoms with van der Waals surface area (Å²) in [4.78, 5) is 0. The average Bonchev–Trinajstić information content (AvgIpc) is 2.44. The molecule has 74 valence electrons. The van der Waals surface area contributed by atoms with Gasteiger partial charge in [0.2, 0.25) is 0 Å². The first kappa shape index (κ1) is 10.2. The minimum absolute atomic E-state index is 0.00519. The van der Waals surface area contributed by atoms with Crippen LogP contribution in [-0.2, 0) is 0 Å². The monoisotopic (exact) mass is 186 g/mol. The van der Waals surface area contributed by atoms with Crippen molar-refractivity contribution in [1.29, 1.82) is 0 Å². The Labute approximate surface area is 76.1 Å². The third kappa shape index (κ3) is 1.88. The molecule has 0 aliphatic heterocycles. The molecule has 5 heteroatoms. The van der Waals surface area contributed by atoms with Crippen LogP contribution in [0.3, 0.4) is 0 Å². The topological polar surface area (TPSA) is 92.5 Å². The predicted molar refractivity (Wildman–Crippen MR) is 46.0 cm³/mol. The van der Waals surface area contributed by atoms with Crippen molar-refractivity contribution in [2.24, 2.45) is 5.73 Å². The molecule has 1 rings (SSSR count). The Balaban J connectivity index is 2.93. The molecular weight excluding hydrogens is 172 g/mol. The molecule has 2 atom stereocenters. The van der Waals surface area contributed by atoms with Crippen LogP contribution in [0.4, 0.5) is 0 Å². The van der Waals surface area contributed by atoms with Crippen molar-refractivity contribution >= 4 is 0 Å². The molecule has 0 aromatic carbocycles. The molecule has 0 aliphatic carbocycles. The summed E-state index contributed by atoms with van der Waals surface area (Å²) in [7, 11) is 0. The highest BCUT2D eigenvalue weighted by atomic mass is 16.5. The van der Waals surface area contributed by atoms with Crippen molar-refractivity contribution < 1.29 is 14.7 Å². The van der Waals surface area contributed by atoms with Gasteiger partial charge in [-0.3, -0.25) is 0 Å². The van der Waals surface area contributed by atoms with Gasteiger partial charge in [0.1, 0.15) is 11.9 Å². The van der Waals surface area contributed by atoms with Gasteiger partial charge in [0.15, 0.2) is 0 Å². The van der Waals surface area contributed by atoms with Crippen molar-refractivity contribution in [2.45, 2.75) is 26.1 Å². The molecule has 0 saturated carbocycles. The normalized spacial score (nSPS) is 15.8. The van der Waals surface area contributed by atoms with E-state index >= 15 is 0 Å². The third-order valence-corrected chi connectivity index (χ3v) is 1.99. The molecule has 0 radical (unpaired) electrons. The van der Waals surface area contributed by atoms with Gasteiger partial charge < -0.3 is 20.5 Å². The minimum atomic E-state index is -1.02. The van der Waals surface area contributed by atoms with Crippen LogP contribution in [0.2, 0.25) is 0 Å². The van der Waals surface area contributed by atoms with Gasteiger partial charge in [-0.1, -0.05) is 5.16 Å². The fourth-order valence-corrected chi connectivity index (χ4v) is 1.23. The van der Waals surface area contributed by atoms with Crippen LogP contribution in [0.25, 0.3) is 0 Å². The molecule has 1 aromatic rings. The van der Waals surface area contributed by atoms with Gasteiger partial charge in [0, 0.05) is 12.1 Å². The zero-order valence-electron chi connectivity index (χ0n) is 7.69. The summed E-state index contributed by atoms with van der Waals surface area (Å²) in [6.07, 6.45) is -1.99. The zero-order chi connectivity index (χ0) is 10.0. The van der Waals surface area contributed by atoms with Gasteiger partial charge in [-0.15, -0.1) is 0 Å². The summed E-state index contributed by atoms with van der Waals surface area (Å²) in [5.41, 5.74) is 6.33. The van der Waals surface area contributed by atoms with Crippen LogP contribution >= 0.6 is 0 Å². The SMILES string of the molecule is Cc1noc(C)c1C(O)C(O)CN. The quantitative estimate of drug-likeness (QED) is 0.599. The first-order valence-corrected chi connectivity index (χ1v) is 4.07. The molecule has 0 spiro atoms. The van der Waals surface area contributed by atoms with E-state index in [1.807, 2.05) is 0 Å². The van der Waals surface area contributed by atoms with E-state index in [1.165, 1.54) is 0 Å². The lowest BCUT2D eigenvalue weighted by molar-refractivity contribution is 0.0231. The Morgan fingerprint density at radius 1 is 1.46 bits per heavy atom. The van der Waals surface area contributed by atoms with Gasteiger partial charge in [-0.25, -0.2) is 0 Å². The highest BCUT2D eigenvalue weighted by molar-refractivity contribution is 5.24. The fraction of sp³-hybridized carbons (Fsp3) is 0.625. The maximum atomic E-state index is 9.61. The lowest BCUT2D eigenvalue weighted by Gasteiger charge is -2.15. The van der Waals surface area contributed by atoms with E-state index < -0.39 is 12.2 Å². The molecule has 13 heavy (non-hydrogen) atoms. The lowest BCUT2D eigenvalue weighted by Crippen LogP contribution is -2.27. The maximum Gasteiger partial charge on any atom is 0.139 e. The molecule has 0 aliphatic rings. The number of hydrogen-bond acceptors (Lipinski definition) is 5. The van der Waals surface area contributed by atoms with Crippen molar-refractivity contribution in [1.82, 2.24) is 5.16 Å². The van der Waals surface area contributed by atoms with E-state index in [1.54, 1.807) is 13.8 Å². The molecule has 0 fully saturated rings. The van der Waals surface area contributed by atoms with Crippen LogP contribution in [0.1, 0.15) is 23.1 Å². The Hall–Kier alpha value is -0.910. The highest BCUT2D eigenvalue weighted by Crippen LogP contribution is 2.23. The van der Waals surface area contributed by atoms with Crippen LogP contribution in [0.15, 0.2) is 4.52 Å². The number of hydrogen-bond donors (Lipinski definition) is 3. The summed E-state index contributed by atoms with van der Waals surface area (Å²) in [5.74, 6) is 0.512. The molecule has 0 amide bonds. The second-order valence-corrected chi connectivity index (χ2v) is 2.99. The standard InChI is InChI=1S/C8H14N2O3/c1-4-7(5(2)13-10-4)8(12)6(11)3-9/h6,8,11-12H,3,9H2,1-2H3. The lowest BCUT2D eigenvalue weighted by atomic mass is 10.0. The molecule has 0 saturated heterocycles. The van der Waals surface area contributed by atoms with Crippen molar-refractivity contribution in [3.8, 4) is 0 Å². The fourth-order valence-electron chi connectivity index (χ4n) is 1.23. The van der Waals surface area contributed by atoms with Gasteiger partial charge in [0.05, 0.1) is 11.8 Å². The van der Waals surface area contributed by atoms with Crippen LogP contribution < -0.4 is 5.73 Å². The second kappa shape index (κ2) is 3.87. The van der Waals surface area contributed by atoms with E-state index in [0.717, 1.165) is 0 Å². The van der Waals surface area contributed by atoms with E-state index in [4.69, 9.17) is 10.3 Å². The van der Waals surface area contributed by atoms with Crippen LogP contribution in [0.5, 0.6) is 0 Å². The Morgan fingerprint density at radius 2 is 2.08 bits per heavy atom. The molecule has 5 nitrogen and oxygen atoms in total. The number of rotatable bonds is 3. The zero-order valence-corrected chi connectivity index (χ0v) is 7.69. The number of aromatic nitrogens is 1. The van der Waals surface area contributed by atoms with Crippen LogP contribution in [0, 0.1) is 13.8 Å². The largest absolute Gasteiger partial charge is 0.389 e. The Bertz CT molecular complexity index is 265. The summed E-state index contributed by atoms with van der Waals surface area (Å²) < 4.78 is 4.85. The molecule has 0 bridgehead atoms. The Kier molecular flexibility index (Phi) is 3.02. The molecule has 4 N–H and O–H groups in total. The summed E-state index contributed by atoms with van der Waals surface area (Å²) >= 11 is 0. The van der Waals surface area contributed by atoms with E-state index in [2.05, 4.69) is 5.16 Å². The average molecular weight is 186 g/mol. The van der Waals surface area contributed by atoms with E-state index in [9.17, 15) is 10.2 Å². The first-order chi connectivity index (χ1) is 6.07. The molecule has 2 unspecified atom stereocenters. The number of nitrogens with two attached hydrogens (primary N) is 1. The van der Waals surface area contributed by atoms with Crippen molar-refractivity contribution in [3.05, 3.63) is 17.0 Å². The van der Waals surface area contributed by atoms with Gasteiger partial charge in [-0.2, -0.15) is 0 Å². The summed E-state index contributed by atoms with van der Waals surface area (Å²) in [5, 5.41) is 22.6. The van der Waals surface area contributed by atoms with Crippen molar-refractivity contribution in [2.75, 3.05) is 6.54 Å². The maximum absolute atomic E-state index is 9.61. The van der Waals surface area contributed by atoms with Gasteiger partial charge in [-0.05, 0) is 13.8 Å². The van der Waals surface area contributed by atoms with Gasteiger partial charge in [0.25, 0.3) is 0 Å². The molecule has 1 heterocycles. The highest BCUT2D eigenvalue weighted by Gasteiger charge is 2.23. The smallest absolute Gasteiger partial charge is 0.139 e.